The minimum absolute atomic E-state index is 0.218. The Morgan fingerprint density at radius 3 is 2.12 bits per heavy atom. The Bertz CT molecular complexity index is 1100. The first kappa shape index (κ1) is 16.6. The smallest absolute Gasteiger partial charge is 0.144 e. The van der Waals surface area contributed by atoms with Crippen LogP contribution < -0.4 is 0 Å². The van der Waals surface area contributed by atoms with E-state index in [4.69, 9.17) is 0 Å². The van der Waals surface area contributed by atoms with Gasteiger partial charge in [-0.3, -0.25) is 4.98 Å². The van der Waals surface area contributed by atoms with Crippen molar-refractivity contribution in [2.45, 2.75) is 27.7 Å². The summed E-state index contributed by atoms with van der Waals surface area (Å²) >= 11 is 0. The number of aryl methyl sites for hydroxylation is 3. The van der Waals surface area contributed by atoms with Crippen molar-refractivity contribution >= 4 is 10.9 Å². The molecule has 1 aromatic heterocycles. The number of aromatic hydroxyl groups is 1. The molecule has 1 heterocycles. The maximum atomic E-state index is 10.2. The number of benzene rings is 2. The summed E-state index contributed by atoms with van der Waals surface area (Å²) in [6, 6.07) is 9.86. The van der Waals surface area contributed by atoms with Gasteiger partial charge >= 0.3 is 0 Å². The van der Waals surface area contributed by atoms with Gasteiger partial charge < -0.3 is 5.11 Å². The number of rotatable bonds is 0. The van der Waals surface area contributed by atoms with Crippen LogP contribution >= 0.6 is 0 Å². The lowest BCUT2D eigenvalue weighted by Gasteiger charge is -2.06. The van der Waals surface area contributed by atoms with Crippen molar-refractivity contribution in [3.63, 3.8) is 0 Å². The highest BCUT2D eigenvalue weighted by Crippen LogP contribution is 2.29. The molecule has 2 aromatic carbocycles. The van der Waals surface area contributed by atoms with Gasteiger partial charge in [-0.05, 0) is 74.7 Å². The molecular formula is C23H19NO. The summed E-state index contributed by atoms with van der Waals surface area (Å²) in [6.45, 7) is 7.80. The molecule has 0 aliphatic carbocycles. The number of phenolic OH excluding ortho intramolecular Hbond substituents is 1. The van der Waals surface area contributed by atoms with Gasteiger partial charge in [0.1, 0.15) is 11.3 Å². The third kappa shape index (κ3) is 3.21. The molecule has 0 bridgehead atoms. The Kier molecular flexibility index (Phi) is 4.46. The summed E-state index contributed by atoms with van der Waals surface area (Å²) < 4.78 is 0. The van der Waals surface area contributed by atoms with Gasteiger partial charge in [0.25, 0.3) is 0 Å². The summed E-state index contributed by atoms with van der Waals surface area (Å²) in [5.74, 6) is 12.8. The zero-order chi connectivity index (χ0) is 18.0. The van der Waals surface area contributed by atoms with Crippen LogP contribution in [-0.4, -0.2) is 10.1 Å². The van der Waals surface area contributed by atoms with E-state index in [0.717, 1.165) is 38.8 Å². The quantitative estimate of drug-likeness (QED) is 0.611. The maximum absolute atomic E-state index is 10.2. The van der Waals surface area contributed by atoms with Gasteiger partial charge in [-0.1, -0.05) is 17.8 Å². The fourth-order valence-corrected chi connectivity index (χ4v) is 2.82. The van der Waals surface area contributed by atoms with Crippen molar-refractivity contribution in [1.82, 2.24) is 4.98 Å². The normalized spacial score (nSPS) is 9.92. The predicted molar refractivity (Wildman–Crippen MR) is 103 cm³/mol. The van der Waals surface area contributed by atoms with Gasteiger partial charge in [-0.2, -0.15) is 0 Å². The maximum Gasteiger partial charge on any atom is 0.144 e. The summed E-state index contributed by atoms with van der Waals surface area (Å²) in [4.78, 5) is 4.29. The van der Waals surface area contributed by atoms with Gasteiger partial charge in [0.05, 0.1) is 0 Å². The second-order valence-corrected chi connectivity index (χ2v) is 6.10. The van der Waals surface area contributed by atoms with Crippen LogP contribution in [0.2, 0.25) is 0 Å². The number of hydrogen-bond donors (Lipinski definition) is 1. The molecule has 0 atom stereocenters. The molecule has 122 valence electrons. The van der Waals surface area contributed by atoms with Gasteiger partial charge in [0.2, 0.25) is 0 Å². The van der Waals surface area contributed by atoms with Crippen molar-refractivity contribution in [1.29, 1.82) is 0 Å². The summed E-state index contributed by atoms with van der Waals surface area (Å²) in [5.41, 5.74) is 6.49. The summed E-state index contributed by atoms with van der Waals surface area (Å²) in [6.07, 6.45) is 1.68. The van der Waals surface area contributed by atoms with Gasteiger partial charge in [0, 0.05) is 28.3 Å². The third-order valence-electron chi connectivity index (χ3n) is 4.22. The van der Waals surface area contributed by atoms with E-state index < -0.39 is 0 Å². The minimum atomic E-state index is 0.218. The highest BCUT2D eigenvalue weighted by atomic mass is 16.3. The van der Waals surface area contributed by atoms with Crippen molar-refractivity contribution < 1.29 is 5.11 Å². The molecule has 0 unspecified atom stereocenters. The van der Waals surface area contributed by atoms with Gasteiger partial charge in [0.15, 0.2) is 0 Å². The number of hydrogen-bond acceptors (Lipinski definition) is 2. The Morgan fingerprint density at radius 2 is 1.44 bits per heavy atom. The second-order valence-electron chi connectivity index (χ2n) is 6.10. The highest BCUT2D eigenvalue weighted by molar-refractivity contribution is 5.90. The monoisotopic (exact) mass is 325 g/mol. The lowest BCUT2D eigenvalue weighted by atomic mass is 9.99. The number of pyridine rings is 1. The van der Waals surface area contributed by atoms with Crippen LogP contribution in [0.4, 0.5) is 0 Å². The molecule has 0 saturated heterocycles. The Hall–Kier alpha value is -3.23. The van der Waals surface area contributed by atoms with Crippen molar-refractivity contribution in [2.75, 3.05) is 0 Å². The standard InChI is InChI=1S/C23H19NO/c1-5-7-18-12-16(3)19(13-15(18)2)9-10-20-14-17(4)23(25)22-21(20)8-6-11-24-22/h6,8,11-14,25H,1-4H3. The van der Waals surface area contributed by atoms with E-state index in [9.17, 15) is 5.11 Å². The first-order chi connectivity index (χ1) is 12.0. The summed E-state index contributed by atoms with van der Waals surface area (Å²) in [5, 5.41) is 11.1. The van der Waals surface area contributed by atoms with Crippen molar-refractivity contribution in [2.24, 2.45) is 0 Å². The third-order valence-corrected chi connectivity index (χ3v) is 4.22. The fraction of sp³-hybridized carbons (Fsp3) is 0.174. The molecule has 0 aliphatic heterocycles. The molecule has 0 amide bonds. The van der Waals surface area contributed by atoms with E-state index in [1.165, 1.54) is 0 Å². The van der Waals surface area contributed by atoms with Gasteiger partial charge in [-0.25, -0.2) is 0 Å². The van der Waals surface area contributed by atoms with Crippen LogP contribution in [0.25, 0.3) is 10.9 Å². The molecule has 25 heavy (non-hydrogen) atoms. The summed E-state index contributed by atoms with van der Waals surface area (Å²) in [7, 11) is 0. The SMILES string of the molecule is CC#Cc1cc(C)c(C#Cc2cc(C)c(O)c3ncccc23)cc1C. The van der Waals surface area contributed by atoms with Crippen LogP contribution in [0, 0.1) is 44.5 Å². The zero-order valence-corrected chi connectivity index (χ0v) is 14.9. The average Bonchev–Trinajstić information content (AvgIpc) is 2.60. The number of aromatic nitrogens is 1. The molecule has 0 radical (unpaired) electrons. The van der Waals surface area contributed by atoms with Crippen molar-refractivity contribution in [3.8, 4) is 29.4 Å². The molecule has 3 aromatic rings. The molecule has 0 spiro atoms. The molecule has 2 nitrogen and oxygen atoms in total. The molecular weight excluding hydrogens is 306 g/mol. The predicted octanol–water partition coefficient (Wildman–Crippen LogP) is 4.64. The fourth-order valence-electron chi connectivity index (χ4n) is 2.82. The van der Waals surface area contributed by atoms with E-state index in [0.29, 0.717) is 5.52 Å². The number of fused-ring (bicyclic) bond motifs is 1. The largest absolute Gasteiger partial charge is 0.505 e. The van der Waals surface area contributed by atoms with E-state index in [1.54, 1.807) is 6.20 Å². The Labute approximate surface area is 148 Å². The first-order valence-corrected chi connectivity index (χ1v) is 8.14. The van der Waals surface area contributed by atoms with Crippen molar-refractivity contribution in [3.05, 3.63) is 69.9 Å². The molecule has 0 aliphatic rings. The number of nitrogens with zero attached hydrogens (tertiary/aromatic N) is 1. The van der Waals surface area contributed by atoms with Crippen LogP contribution in [0.1, 0.15) is 40.3 Å². The second kappa shape index (κ2) is 6.71. The van der Waals surface area contributed by atoms with Crippen LogP contribution in [0.3, 0.4) is 0 Å². The topological polar surface area (TPSA) is 33.1 Å². The number of phenols is 1. The Balaban J connectivity index is 2.14. The molecule has 0 saturated carbocycles. The van der Waals surface area contributed by atoms with Gasteiger partial charge in [-0.15, -0.1) is 5.92 Å². The van der Waals surface area contributed by atoms with E-state index in [1.807, 2.05) is 45.9 Å². The molecule has 2 heteroatoms. The zero-order valence-electron chi connectivity index (χ0n) is 14.9. The lowest BCUT2D eigenvalue weighted by Crippen LogP contribution is -1.90. The van der Waals surface area contributed by atoms with E-state index >= 15 is 0 Å². The van der Waals surface area contributed by atoms with Crippen LogP contribution in [0.15, 0.2) is 36.5 Å². The van der Waals surface area contributed by atoms with E-state index in [-0.39, 0.29) is 5.75 Å². The molecule has 3 rings (SSSR count). The highest BCUT2D eigenvalue weighted by Gasteiger charge is 2.08. The minimum Gasteiger partial charge on any atom is -0.505 e. The molecule has 0 fully saturated rings. The molecule has 1 N–H and O–H groups in total. The average molecular weight is 325 g/mol. The lowest BCUT2D eigenvalue weighted by molar-refractivity contribution is 0.476. The first-order valence-electron chi connectivity index (χ1n) is 8.14. The Morgan fingerprint density at radius 1 is 0.840 bits per heavy atom. The van der Waals surface area contributed by atoms with Crippen LogP contribution in [-0.2, 0) is 0 Å². The van der Waals surface area contributed by atoms with Crippen LogP contribution in [0.5, 0.6) is 5.75 Å². The van der Waals surface area contributed by atoms with E-state index in [2.05, 4.69) is 40.8 Å².